The summed E-state index contributed by atoms with van der Waals surface area (Å²) in [5.74, 6) is 0.00518. The summed E-state index contributed by atoms with van der Waals surface area (Å²) in [5, 5.41) is 3.02. The number of rotatable bonds is 7. The van der Waals surface area contributed by atoms with Crippen molar-refractivity contribution in [1.29, 1.82) is 0 Å². The minimum Gasteiger partial charge on any atom is -0.316 e. The molecule has 0 bridgehead atoms. The van der Waals surface area contributed by atoms with Gasteiger partial charge in [0.1, 0.15) is 0 Å². The van der Waals surface area contributed by atoms with Crippen LogP contribution in [-0.4, -0.2) is 41.9 Å². The van der Waals surface area contributed by atoms with E-state index in [2.05, 4.69) is 5.32 Å². The lowest BCUT2D eigenvalue weighted by molar-refractivity contribution is 0.589. The SMILES string of the molecule is CCCNCCS(=O)(=O)c1ccc(S(C)(=O)=O)cc1. The Balaban J connectivity index is 2.80. The third-order valence-electron chi connectivity index (χ3n) is 2.59. The van der Waals surface area contributed by atoms with Crippen LogP contribution in [0.4, 0.5) is 0 Å². The molecule has 0 aliphatic heterocycles. The fourth-order valence-electron chi connectivity index (χ4n) is 1.52. The lowest BCUT2D eigenvalue weighted by Crippen LogP contribution is -2.23. The van der Waals surface area contributed by atoms with Gasteiger partial charge in [0.15, 0.2) is 19.7 Å². The van der Waals surface area contributed by atoms with Crippen LogP contribution >= 0.6 is 0 Å². The highest BCUT2D eigenvalue weighted by molar-refractivity contribution is 7.91. The summed E-state index contributed by atoms with van der Waals surface area (Å²) >= 11 is 0. The molecule has 5 nitrogen and oxygen atoms in total. The molecule has 0 saturated heterocycles. The molecule has 0 spiro atoms. The first-order valence-corrected chi connectivity index (χ1v) is 9.55. The van der Waals surface area contributed by atoms with E-state index in [-0.39, 0.29) is 15.5 Å². The standard InChI is InChI=1S/C12H19NO4S2/c1-3-8-13-9-10-19(16,17)12-6-4-11(5-7-12)18(2,14)15/h4-7,13H,3,8-10H2,1-2H3. The Kier molecular flexibility index (Phi) is 5.51. The van der Waals surface area contributed by atoms with E-state index in [0.717, 1.165) is 19.2 Å². The molecule has 1 aromatic rings. The van der Waals surface area contributed by atoms with Crippen LogP contribution in [0.25, 0.3) is 0 Å². The molecule has 1 rings (SSSR count). The maximum atomic E-state index is 12.0. The molecule has 1 N–H and O–H groups in total. The maximum Gasteiger partial charge on any atom is 0.179 e. The van der Waals surface area contributed by atoms with Gasteiger partial charge < -0.3 is 5.32 Å². The van der Waals surface area contributed by atoms with Crippen LogP contribution in [0, 0.1) is 0 Å². The van der Waals surface area contributed by atoms with E-state index in [0.29, 0.717) is 6.54 Å². The van der Waals surface area contributed by atoms with Gasteiger partial charge in [-0.2, -0.15) is 0 Å². The average molecular weight is 305 g/mol. The van der Waals surface area contributed by atoms with Crippen molar-refractivity contribution in [2.45, 2.75) is 23.1 Å². The van der Waals surface area contributed by atoms with Crippen LogP contribution in [0.1, 0.15) is 13.3 Å². The molecule has 0 unspecified atom stereocenters. The fraction of sp³-hybridized carbons (Fsp3) is 0.500. The van der Waals surface area contributed by atoms with Crippen molar-refractivity contribution in [3.63, 3.8) is 0 Å². The van der Waals surface area contributed by atoms with Crippen LogP contribution < -0.4 is 5.32 Å². The van der Waals surface area contributed by atoms with E-state index in [1.54, 1.807) is 0 Å². The Morgan fingerprint density at radius 1 is 0.947 bits per heavy atom. The van der Waals surface area contributed by atoms with Crippen molar-refractivity contribution in [2.24, 2.45) is 0 Å². The summed E-state index contributed by atoms with van der Waals surface area (Å²) in [6.45, 7) is 3.18. The second-order valence-corrected chi connectivity index (χ2v) is 8.44. The van der Waals surface area contributed by atoms with Crippen LogP contribution in [0.2, 0.25) is 0 Å². The van der Waals surface area contributed by atoms with E-state index < -0.39 is 19.7 Å². The van der Waals surface area contributed by atoms with Gasteiger partial charge in [-0.25, -0.2) is 16.8 Å². The number of nitrogens with one attached hydrogen (secondary N) is 1. The van der Waals surface area contributed by atoms with Crippen LogP contribution in [0.5, 0.6) is 0 Å². The summed E-state index contributed by atoms with van der Waals surface area (Å²) in [6, 6.07) is 5.32. The first-order chi connectivity index (χ1) is 8.77. The molecule has 0 aromatic heterocycles. The number of hydrogen-bond acceptors (Lipinski definition) is 5. The quantitative estimate of drug-likeness (QED) is 0.756. The molecular weight excluding hydrogens is 286 g/mol. The number of hydrogen-bond donors (Lipinski definition) is 1. The monoisotopic (exact) mass is 305 g/mol. The number of sulfone groups is 2. The smallest absolute Gasteiger partial charge is 0.179 e. The van der Waals surface area contributed by atoms with Gasteiger partial charge in [-0.15, -0.1) is 0 Å². The molecule has 0 radical (unpaired) electrons. The third kappa shape index (κ3) is 4.93. The van der Waals surface area contributed by atoms with E-state index in [1.807, 2.05) is 6.92 Å². The highest BCUT2D eigenvalue weighted by Gasteiger charge is 2.15. The predicted octanol–water partition coefficient (Wildman–Crippen LogP) is 0.863. The predicted molar refractivity (Wildman–Crippen MR) is 74.8 cm³/mol. The molecule has 0 atom stereocenters. The van der Waals surface area contributed by atoms with Gasteiger partial charge in [0.25, 0.3) is 0 Å². The highest BCUT2D eigenvalue weighted by atomic mass is 32.2. The van der Waals surface area contributed by atoms with Gasteiger partial charge in [0.2, 0.25) is 0 Å². The van der Waals surface area contributed by atoms with Crippen molar-refractivity contribution in [3.05, 3.63) is 24.3 Å². The topological polar surface area (TPSA) is 80.3 Å². The van der Waals surface area contributed by atoms with Gasteiger partial charge in [0, 0.05) is 12.8 Å². The fourth-order valence-corrected chi connectivity index (χ4v) is 3.35. The lowest BCUT2D eigenvalue weighted by Gasteiger charge is -2.06. The van der Waals surface area contributed by atoms with Crippen LogP contribution in [-0.2, 0) is 19.7 Å². The van der Waals surface area contributed by atoms with Gasteiger partial charge in [-0.3, -0.25) is 0 Å². The molecular formula is C12H19NO4S2. The summed E-state index contributed by atoms with van der Waals surface area (Å²) in [6.07, 6.45) is 2.04. The minimum atomic E-state index is -3.36. The van der Waals surface area contributed by atoms with Gasteiger partial charge in [-0.1, -0.05) is 6.92 Å². The van der Waals surface area contributed by atoms with Crippen molar-refractivity contribution < 1.29 is 16.8 Å². The summed E-state index contributed by atoms with van der Waals surface area (Å²) < 4.78 is 46.5. The molecule has 1 aromatic carbocycles. The molecule has 0 aliphatic carbocycles. The Bertz CT molecular complexity index is 604. The highest BCUT2D eigenvalue weighted by Crippen LogP contribution is 2.15. The second-order valence-electron chi connectivity index (χ2n) is 4.31. The molecule has 0 saturated carbocycles. The van der Waals surface area contributed by atoms with E-state index in [4.69, 9.17) is 0 Å². The molecule has 0 heterocycles. The van der Waals surface area contributed by atoms with Crippen molar-refractivity contribution in [3.8, 4) is 0 Å². The Labute approximate surface area is 114 Å². The summed E-state index contributed by atoms with van der Waals surface area (Å²) in [5.41, 5.74) is 0. The van der Waals surface area contributed by atoms with Crippen LogP contribution in [0.3, 0.4) is 0 Å². The molecule has 108 valence electrons. The molecule has 0 amide bonds. The van der Waals surface area contributed by atoms with Crippen molar-refractivity contribution >= 4 is 19.7 Å². The largest absolute Gasteiger partial charge is 0.316 e. The van der Waals surface area contributed by atoms with Gasteiger partial charge in [-0.05, 0) is 37.2 Å². The van der Waals surface area contributed by atoms with Gasteiger partial charge >= 0.3 is 0 Å². The molecule has 0 aliphatic rings. The van der Waals surface area contributed by atoms with E-state index in [9.17, 15) is 16.8 Å². The summed E-state index contributed by atoms with van der Waals surface area (Å²) in [4.78, 5) is 0.272. The second kappa shape index (κ2) is 6.49. The number of benzene rings is 1. The van der Waals surface area contributed by atoms with E-state index >= 15 is 0 Å². The summed E-state index contributed by atoms with van der Waals surface area (Å²) in [7, 11) is -6.66. The van der Waals surface area contributed by atoms with Crippen molar-refractivity contribution in [1.82, 2.24) is 5.32 Å². The zero-order chi connectivity index (χ0) is 14.5. The normalized spacial score (nSPS) is 12.5. The van der Waals surface area contributed by atoms with Crippen molar-refractivity contribution in [2.75, 3.05) is 25.1 Å². The first-order valence-electron chi connectivity index (χ1n) is 6.01. The Hall–Kier alpha value is -0.920. The zero-order valence-corrected chi connectivity index (χ0v) is 12.7. The Morgan fingerprint density at radius 2 is 1.47 bits per heavy atom. The van der Waals surface area contributed by atoms with Crippen LogP contribution in [0.15, 0.2) is 34.1 Å². The molecule has 19 heavy (non-hydrogen) atoms. The first kappa shape index (κ1) is 16.1. The zero-order valence-electron chi connectivity index (χ0n) is 11.1. The van der Waals surface area contributed by atoms with E-state index in [1.165, 1.54) is 24.3 Å². The lowest BCUT2D eigenvalue weighted by atomic mass is 10.4. The average Bonchev–Trinajstić information content (AvgIpc) is 2.34. The molecule has 0 fully saturated rings. The minimum absolute atomic E-state index is 0.00518. The molecule has 7 heteroatoms. The Morgan fingerprint density at radius 3 is 1.95 bits per heavy atom. The third-order valence-corrected chi connectivity index (χ3v) is 5.45. The van der Waals surface area contributed by atoms with Gasteiger partial charge in [0.05, 0.1) is 15.5 Å². The maximum absolute atomic E-state index is 12.0.